The van der Waals surface area contributed by atoms with Crippen LogP contribution < -0.4 is 11.1 Å². The van der Waals surface area contributed by atoms with Crippen molar-refractivity contribution in [3.8, 4) is 0 Å². The Morgan fingerprint density at radius 2 is 1.89 bits per heavy atom. The van der Waals surface area contributed by atoms with Crippen LogP contribution in [0.1, 0.15) is 24.0 Å². The van der Waals surface area contributed by atoms with Crippen LogP contribution in [0.2, 0.25) is 5.02 Å². The standard InChI is InChI=1S/C26H35ClN2O6/c1-32-25-23(29-22(30)8-5-14-28)26(34-15-13-18-6-3-2-4-7-18)35-21(24(25)31)17-33-16-19-9-11-20(27)12-10-19/h2-4,6-7,9-12,21,23-26,31H,5,8,13-17,28H2,1H3,(H,29,30)/t21-,23-,24-,25-,26?/m1/s1. The number of ether oxygens (including phenoxy) is 4. The van der Waals surface area contributed by atoms with Gasteiger partial charge in [0.2, 0.25) is 5.91 Å². The number of hydrogen-bond donors (Lipinski definition) is 3. The molecule has 192 valence electrons. The first-order valence-electron chi connectivity index (χ1n) is 11.8. The van der Waals surface area contributed by atoms with E-state index in [2.05, 4.69) is 5.32 Å². The Hall–Kier alpha value is -2.04. The number of hydrogen-bond acceptors (Lipinski definition) is 7. The van der Waals surface area contributed by atoms with E-state index in [1.165, 1.54) is 7.11 Å². The number of amides is 1. The molecular weight excluding hydrogens is 472 g/mol. The lowest BCUT2D eigenvalue weighted by molar-refractivity contribution is -0.276. The van der Waals surface area contributed by atoms with Crippen molar-refractivity contribution in [3.63, 3.8) is 0 Å². The Kier molecular flexibility index (Phi) is 11.4. The number of carbonyl (C=O) groups is 1. The van der Waals surface area contributed by atoms with Crippen LogP contribution in [0.5, 0.6) is 0 Å². The molecule has 35 heavy (non-hydrogen) atoms. The van der Waals surface area contributed by atoms with Gasteiger partial charge in [0.05, 0.1) is 19.8 Å². The van der Waals surface area contributed by atoms with Crippen LogP contribution in [-0.2, 0) is 36.8 Å². The monoisotopic (exact) mass is 506 g/mol. The Labute approximate surface area is 211 Å². The van der Waals surface area contributed by atoms with Crippen molar-refractivity contribution in [1.29, 1.82) is 0 Å². The van der Waals surface area contributed by atoms with Crippen molar-refractivity contribution in [2.45, 2.75) is 56.5 Å². The SMILES string of the molecule is CO[C@H]1[C@H](O)[C@@H](COCc2ccc(Cl)cc2)OC(OCCc2ccccc2)[C@@H]1NC(=O)CCCN. The number of nitrogens with two attached hydrogens (primary N) is 1. The third kappa shape index (κ3) is 8.54. The summed E-state index contributed by atoms with van der Waals surface area (Å²) in [7, 11) is 1.49. The first-order chi connectivity index (χ1) is 17.0. The third-order valence-corrected chi connectivity index (χ3v) is 6.11. The minimum Gasteiger partial charge on any atom is -0.388 e. The van der Waals surface area contributed by atoms with Gasteiger partial charge in [0.25, 0.3) is 0 Å². The average molecular weight is 507 g/mol. The van der Waals surface area contributed by atoms with E-state index in [9.17, 15) is 9.90 Å². The first kappa shape index (κ1) is 27.5. The van der Waals surface area contributed by atoms with E-state index < -0.39 is 30.6 Å². The smallest absolute Gasteiger partial charge is 0.220 e. The van der Waals surface area contributed by atoms with Gasteiger partial charge in [0, 0.05) is 18.6 Å². The van der Waals surface area contributed by atoms with E-state index in [0.717, 1.165) is 11.1 Å². The summed E-state index contributed by atoms with van der Waals surface area (Å²) in [6.07, 6.45) is -1.80. The quantitative estimate of drug-likeness (QED) is 0.382. The van der Waals surface area contributed by atoms with E-state index in [1.54, 1.807) is 12.1 Å². The number of aliphatic hydroxyl groups is 1. The van der Waals surface area contributed by atoms with Crippen LogP contribution in [0.3, 0.4) is 0 Å². The molecule has 2 aromatic carbocycles. The first-order valence-corrected chi connectivity index (χ1v) is 12.2. The summed E-state index contributed by atoms with van der Waals surface area (Å²) < 4.78 is 23.6. The summed E-state index contributed by atoms with van der Waals surface area (Å²) in [5, 5.41) is 14.5. The van der Waals surface area contributed by atoms with Gasteiger partial charge >= 0.3 is 0 Å². The summed E-state index contributed by atoms with van der Waals surface area (Å²) in [5.41, 5.74) is 7.60. The molecule has 0 aromatic heterocycles. The van der Waals surface area contributed by atoms with Crippen molar-refractivity contribution in [3.05, 3.63) is 70.7 Å². The minimum absolute atomic E-state index is 0.121. The van der Waals surface area contributed by atoms with Gasteiger partial charge < -0.3 is 35.1 Å². The van der Waals surface area contributed by atoms with Crippen LogP contribution in [0.4, 0.5) is 0 Å². The molecule has 1 aliphatic rings. The molecule has 9 heteroatoms. The second kappa shape index (κ2) is 14.5. The predicted octanol–water partition coefficient (Wildman–Crippen LogP) is 2.44. The molecule has 0 radical (unpaired) electrons. The molecule has 5 atom stereocenters. The molecule has 8 nitrogen and oxygen atoms in total. The molecule has 0 aliphatic carbocycles. The number of carbonyl (C=O) groups excluding carboxylic acids is 1. The zero-order chi connectivity index (χ0) is 25.0. The van der Waals surface area contributed by atoms with Gasteiger partial charge in [0.1, 0.15) is 24.4 Å². The highest BCUT2D eigenvalue weighted by atomic mass is 35.5. The molecule has 1 unspecified atom stereocenters. The van der Waals surface area contributed by atoms with Crippen LogP contribution in [0.25, 0.3) is 0 Å². The van der Waals surface area contributed by atoms with Gasteiger partial charge in [-0.2, -0.15) is 0 Å². The van der Waals surface area contributed by atoms with Crippen LogP contribution in [-0.4, -0.2) is 68.5 Å². The summed E-state index contributed by atoms with van der Waals surface area (Å²) in [6, 6.07) is 16.6. The largest absolute Gasteiger partial charge is 0.388 e. The van der Waals surface area contributed by atoms with Crippen molar-refractivity contribution < 1.29 is 28.8 Å². The Bertz CT molecular complexity index is 885. The van der Waals surface area contributed by atoms with E-state index in [0.29, 0.717) is 37.6 Å². The maximum atomic E-state index is 12.5. The second-order valence-electron chi connectivity index (χ2n) is 8.47. The highest BCUT2D eigenvalue weighted by molar-refractivity contribution is 6.30. The molecule has 1 heterocycles. The fourth-order valence-electron chi connectivity index (χ4n) is 3.97. The normalized spacial score (nSPS) is 24.3. The van der Waals surface area contributed by atoms with Crippen LogP contribution in [0, 0.1) is 0 Å². The van der Waals surface area contributed by atoms with Crippen LogP contribution >= 0.6 is 11.6 Å². The van der Waals surface area contributed by atoms with Gasteiger partial charge in [-0.3, -0.25) is 4.79 Å². The van der Waals surface area contributed by atoms with Crippen molar-refractivity contribution >= 4 is 17.5 Å². The van der Waals surface area contributed by atoms with Gasteiger partial charge in [-0.15, -0.1) is 0 Å². The molecule has 1 amide bonds. The summed E-state index contributed by atoms with van der Waals surface area (Å²) in [5.74, 6) is -0.201. The fraction of sp³-hybridized carbons (Fsp3) is 0.500. The van der Waals surface area contributed by atoms with Crippen molar-refractivity contribution in [2.75, 3.05) is 26.9 Å². The van der Waals surface area contributed by atoms with E-state index >= 15 is 0 Å². The molecule has 4 N–H and O–H groups in total. The second-order valence-corrected chi connectivity index (χ2v) is 8.90. The lowest BCUT2D eigenvalue weighted by Crippen LogP contribution is -2.65. The Morgan fingerprint density at radius 1 is 1.14 bits per heavy atom. The topological polar surface area (TPSA) is 112 Å². The van der Waals surface area contributed by atoms with Crippen LogP contribution in [0.15, 0.2) is 54.6 Å². The highest BCUT2D eigenvalue weighted by Crippen LogP contribution is 2.25. The van der Waals surface area contributed by atoms with E-state index in [-0.39, 0.29) is 18.9 Å². The maximum Gasteiger partial charge on any atom is 0.220 e. The number of aliphatic hydroxyl groups excluding tert-OH is 1. The molecule has 1 saturated heterocycles. The molecule has 0 spiro atoms. The fourth-order valence-corrected chi connectivity index (χ4v) is 4.09. The number of benzene rings is 2. The number of nitrogens with one attached hydrogen (secondary N) is 1. The maximum absolute atomic E-state index is 12.5. The van der Waals surface area contributed by atoms with Gasteiger partial charge in [-0.05, 0) is 42.6 Å². The minimum atomic E-state index is -1.03. The summed E-state index contributed by atoms with van der Waals surface area (Å²) in [4.78, 5) is 12.5. The number of halogens is 1. The molecule has 2 aromatic rings. The molecule has 0 saturated carbocycles. The Morgan fingerprint density at radius 3 is 2.57 bits per heavy atom. The Balaban J connectivity index is 1.65. The molecule has 1 fully saturated rings. The van der Waals surface area contributed by atoms with Gasteiger partial charge in [0.15, 0.2) is 6.29 Å². The van der Waals surface area contributed by atoms with E-state index in [1.807, 2.05) is 42.5 Å². The molecule has 3 rings (SSSR count). The number of methoxy groups -OCH3 is 1. The lowest BCUT2D eigenvalue weighted by atomic mass is 9.96. The van der Waals surface area contributed by atoms with Gasteiger partial charge in [-0.1, -0.05) is 54.1 Å². The van der Waals surface area contributed by atoms with Crippen molar-refractivity contribution in [2.24, 2.45) is 5.73 Å². The number of rotatable bonds is 13. The average Bonchev–Trinajstić information content (AvgIpc) is 2.87. The van der Waals surface area contributed by atoms with E-state index in [4.69, 9.17) is 36.3 Å². The predicted molar refractivity (Wildman–Crippen MR) is 133 cm³/mol. The third-order valence-electron chi connectivity index (χ3n) is 5.86. The molecular formula is C26H35ClN2O6. The summed E-state index contributed by atoms with van der Waals surface area (Å²) in [6.45, 7) is 1.24. The zero-order valence-corrected chi connectivity index (χ0v) is 20.7. The molecule has 0 bridgehead atoms. The summed E-state index contributed by atoms with van der Waals surface area (Å²) >= 11 is 5.94. The zero-order valence-electron chi connectivity index (χ0n) is 20.0. The molecule has 1 aliphatic heterocycles. The highest BCUT2D eigenvalue weighted by Gasteiger charge is 2.47. The lowest BCUT2D eigenvalue weighted by Gasteiger charge is -2.44. The van der Waals surface area contributed by atoms with Crippen molar-refractivity contribution in [1.82, 2.24) is 5.32 Å². The van der Waals surface area contributed by atoms with Gasteiger partial charge in [-0.25, -0.2) is 0 Å².